The Morgan fingerprint density at radius 2 is 1.74 bits per heavy atom. The van der Waals surface area contributed by atoms with Crippen molar-refractivity contribution in [1.29, 1.82) is 0 Å². The lowest BCUT2D eigenvalue weighted by Gasteiger charge is -2.26. The van der Waals surface area contributed by atoms with Crippen molar-refractivity contribution in [3.8, 4) is 0 Å². The summed E-state index contributed by atoms with van der Waals surface area (Å²) < 4.78 is 24.7. The summed E-state index contributed by atoms with van der Waals surface area (Å²) in [6.07, 6.45) is 8.80. The summed E-state index contributed by atoms with van der Waals surface area (Å²) in [4.78, 5) is 11.9. The van der Waals surface area contributed by atoms with E-state index in [2.05, 4.69) is 17.0 Å². The molecule has 0 atom stereocenters. The molecule has 1 aliphatic carbocycles. The Morgan fingerprint density at radius 3 is 2.30 bits per heavy atom. The van der Waals surface area contributed by atoms with E-state index in [1.54, 1.807) is 30.3 Å². The lowest BCUT2D eigenvalue weighted by molar-refractivity contribution is -0.117. The average molecular weight is 336 g/mol. The first kappa shape index (κ1) is 17.5. The van der Waals surface area contributed by atoms with Gasteiger partial charge in [-0.05, 0) is 55.4 Å². The maximum atomic E-state index is 11.9. The standard InChI is InChI=1S/C17H24N2O3S/c1-13-3-8-15(9-4-13)18-17(20)12-7-14-5-10-16(11-6-14)19-23(2,21)22/h5-7,10-13,15,19H,3-4,8-9H2,1-2H3,(H,18,20)/b12-7+. The van der Waals surface area contributed by atoms with E-state index in [9.17, 15) is 13.2 Å². The minimum absolute atomic E-state index is 0.0807. The summed E-state index contributed by atoms with van der Waals surface area (Å²) in [5, 5.41) is 3.03. The third-order valence-corrected chi connectivity index (χ3v) is 4.61. The zero-order valence-electron chi connectivity index (χ0n) is 13.6. The Bertz CT molecular complexity index is 658. The van der Waals surface area contributed by atoms with E-state index in [0.717, 1.165) is 30.6 Å². The fourth-order valence-corrected chi connectivity index (χ4v) is 3.27. The molecule has 0 saturated heterocycles. The van der Waals surface area contributed by atoms with E-state index in [1.807, 2.05) is 0 Å². The van der Waals surface area contributed by atoms with E-state index < -0.39 is 10.0 Å². The SMILES string of the molecule is CC1CCC(NC(=O)/C=C/c2ccc(NS(C)(=O)=O)cc2)CC1. The second-order valence-corrected chi connectivity index (χ2v) is 8.04. The van der Waals surface area contributed by atoms with Crippen LogP contribution in [-0.4, -0.2) is 26.6 Å². The highest BCUT2D eigenvalue weighted by molar-refractivity contribution is 7.92. The fraction of sp³-hybridized carbons (Fsp3) is 0.471. The number of carbonyl (C=O) groups excluding carboxylic acids is 1. The molecule has 23 heavy (non-hydrogen) atoms. The van der Waals surface area contributed by atoms with Gasteiger partial charge in [0.1, 0.15) is 0 Å². The minimum Gasteiger partial charge on any atom is -0.350 e. The second-order valence-electron chi connectivity index (χ2n) is 6.29. The molecular weight excluding hydrogens is 312 g/mol. The molecule has 1 aromatic carbocycles. The van der Waals surface area contributed by atoms with E-state index in [-0.39, 0.29) is 11.9 Å². The van der Waals surface area contributed by atoms with Crippen LogP contribution in [0.5, 0.6) is 0 Å². The molecule has 0 heterocycles. The van der Waals surface area contributed by atoms with E-state index in [0.29, 0.717) is 5.69 Å². The van der Waals surface area contributed by atoms with Gasteiger partial charge in [-0.3, -0.25) is 9.52 Å². The van der Waals surface area contributed by atoms with Crippen LogP contribution in [0.4, 0.5) is 5.69 Å². The summed E-state index contributed by atoms with van der Waals surface area (Å²) in [6.45, 7) is 2.25. The van der Waals surface area contributed by atoms with Crippen LogP contribution in [0.15, 0.2) is 30.3 Å². The lowest BCUT2D eigenvalue weighted by Crippen LogP contribution is -2.36. The maximum absolute atomic E-state index is 11.9. The number of carbonyl (C=O) groups is 1. The van der Waals surface area contributed by atoms with Crippen molar-refractivity contribution in [3.63, 3.8) is 0 Å². The normalized spacial score (nSPS) is 22.0. The van der Waals surface area contributed by atoms with Gasteiger partial charge in [-0.15, -0.1) is 0 Å². The van der Waals surface area contributed by atoms with Gasteiger partial charge in [0.25, 0.3) is 0 Å². The predicted molar refractivity (Wildman–Crippen MR) is 93.5 cm³/mol. The molecule has 126 valence electrons. The van der Waals surface area contributed by atoms with Crippen molar-refractivity contribution in [2.75, 3.05) is 11.0 Å². The molecule has 0 aliphatic heterocycles. The number of amides is 1. The van der Waals surface area contributed by atoms with Gasteiger partial charge >= 0.3 is 0 Å². The molecule has 0 radical (unpaired) electrons. The van der Waals surface area contributed by atoms with Crippen LogP contribution in [0.1, 0.15) is 38.2 Å². The summed E-state index contributed by atoms with van der Waals surface area (Å²) in [5.74, 6) is 0.681. The largest absolute Gasteiger partial charge is 0.350 e. The Balaban J connectivity index is 1.86. The highest BCUT2D eigenvalue weighted by atomic mass is 32.2. The summed E-state index contributed by atoms with van der Waals surface area (Å²) in [5.41, 5.74) is 1.35. The van der Waals surface area contributed by atoms with Gasteiger partial charge in [0, 0.05) is 17.8 Å². The molecule has 1 fully saturated rings. The molecule has 0 unspecified atom stereocenters. The molecule has 5 nitrogen and oxygen atoms in total. The Morgan fingerprint density at radius 1 is 1.13 bits per heavy atom. The minimum atomic E-state index is -3.27. The molecule has 1 aromatic rings. The first-order valence-corrected chi connectivity index (χ1v) is 9.77. The summed E-state index contributed by atoms with van der Waals surface area (Å²) in [6, 6.07) is 7.14. The number of benzene rings is 1. The zero-order chi connectivity index (χ0) is 16.9. The van der Waals surface area contributed by atoms with Crippen LogP contribution in [0.3, 0.4) is 0 Å². The molecule has 0 aromatic heterocycles. The number of nitrogens with one attached hydrogen (secondary N) is 2. The Hall–Kier alpha value is -1.82. The number of hydrogen-bond donors (Lipinski definition) is 2. The van der Waals surface area contributed by atoms with Crippen molar-refractivity contribution in [2.45, 2.75) is 38.6 Å². The molecule has 2 rings (SSSR count). The maximum Gasteiger partial charge on any atom is 0.244 e. The van der Waals surface area contributed by atoms with Gasteiger partial charge in [-0.1, -0.05) is 19.1 Å². The monoisotopic (exact) mass is 336 g/mol. The number of anilines is 1. The Labute approximate surface area is 138 Å². The summed E-state index contributed by atoms with van der Waals surface area (Å²) >= 11 is 0. The number of sulfonamides is 1. The van der Waals surface area contributed by atoms with Crippen molar-refractivity contribution in [1.82, 2.24) is 5.32 Å². The van der Waals surface area contributed by atoms with Crippen molar-refractivity contribution < 1.29 is 13.2 Å². The highest BCUT2D eigenvalue weighted by Crippen LogP contribution is 2.23. The smallest absolute Gasteiger partial charge is 0.244 e. The molecule has 1 saturated carbocycles. The molecule has 1 aliphatic rings. The van der Waals surface area contributed by atoms with Gasteiger partial charge in [0.2, 0.25) is 15.9 Å². The van der Waals surface area contributed by atoms with Crippen LogP contribution in [0.2, 0.25) is 0 Å². The van der Waals surface area contributed by atoms with E-state index in [1.165, 1.54) is 18.9 Å². The van der Waals surface area contributed by atoms with Gasteiger partial charge in [0.05, 0.1) is 6.26 Å². The molecule has 6 heteroatoms. The van der Waals surface area contributed by atoms with Crippen molar-refractivity contribution >= 4 is 27.7 Å². The van der Waals surface area contributed by atoms with Gasteiger partial charge in [-0.25, -0.2) is 8.42 Å². The third kappa shape index (κ3) is 6.44. The first-order chi connectivity index (χ1) is 10.8. The average Bonchev–Trinajstić information content (AvgIpc) is 2.47. The van der Waals surface area contributed by atoms with E-state index in [4.69, 9.17) is 0 Å². The third-order valence-electron chi connectivity index (χ3n) is 4.00. The lowest BCUT2D eigenvalue weighted by atomic mass is 9.87. The van der Waals surface area contributed by atoms with Crippen LogP contribution in [0, 0.1) is 5.92 Å². The predicted octanol–water partition coefficient (Wildman–Crippen LogP) is 2.77. The molecule has 0 bridgehead atoms. The zero-order valence-corrected chi connectivity index (χ0v) is 14.4. The topological polar surface area (TPSA) is 75.3 Å². The van der Waals surface area contributed by atoms with Crippen molar-refractivity contribution in [2.24, 2.45) is 5.92 Å². The van der Waals surface area contributed by atoms with Gasteiger partial charge in [-0.2, -0.15) is 0 Å². The fourth-order valence-electron chi connectivity index (χ4n) is 2.70. The first-order valence-electron chi connectivity index (χ1n) is 7.88. The number of rotatable bonds is 5. The van der Waals surface area contributed by atoms with Gasteiger partial charge < -0.3 is 5.32 Å². The summed E-state index contributed by atoms with van der Waals surface area (Å²) in [7, 11) is -3.27. The molecule has 1 amide bonds. The molecule has 0 spiro atoms. The van der Waals surface area contributed by atoms with Gasteiger partial charge in [0.15, 0.2) is 0 Å². The van der Waals surface area contributed by atoms with Crippen LogP contribution >= 0.6 is 0 Å². The molecule has 2 N–H and O–H groups in total. The quantitative estimate of drug-likeness (QED) is 0.812. The highest BCUT2D eigenvalue weighted by Gasteiger charge is 2.18. The Kier molecular flexibility index (Phi) is 5.82. The van der Waals surface area contributed by atoms with E-state index >= 15 is 0 Å². The van der Waals surface area contributed by atoms with Crippen LogP contribution in [0.25, 0.3) is 6.08 Å². The van der Waals surface area contributed by atoms with Crippen LogP contribution < -0.4 is 10.0 Å². The van der Waals surface area contributed by atoms with Crippen molar-refractivity contribution in [3.05, 3.63) is 35.9 Å². The number of hydrogen-bond acceptors (Lipinski definition) is 3. The molecular formula is C17H24N2O3S. The second kappa shape index (κ2) is 7.64. The van der Waals surface area contributed by atoms with Crippen LogP contribution in [-0.2, 0) is 14.8 Å².